The van der Waals surface area contributed by atoms with Crippen LogP contribution in [0.4, 0.5) is 5.82 Å². The summed E-state index contributed by atoms with van der Waals surface area (Å²) in [5, 5.41) is 23.9. The molecule has 1 saturated carbocycles. The van der Waals surface area contributed by atoms with E-state index in [0.29, 0.717) is 23.2 Å². The summed E-state index contributed by atoms with van der Waals surface area (Å²) in [7, 11) is -2.39. The van der Waals surface area contributed by atoms with Crippen molar-refractivity contribution >= 4 is 39.8 Å². The number of aliphatic imine (C=N–C) groups is 1. The first-order valence-electron chi connectivity index (χ1n) is 14.2. The molecule has 3 aromatic heterocycles. The van der Waals surface area contributed by atoms with Crippen LogP contribution in [0.2, 0.25) is 0 Å². The second-order valence-electron chi connectivity index (χ2n) is 10.8. The van der Waals surface area contributed by atoms with Crippen LogP contribution in [0, 0.1) is 5.92 Å². The minimum Gasteiger partial charge on any atom is -0.367 e. The van der Waals surface area contributed by atoms with Crippen LogP contribution in [0.5, 0.6) is 0 Å². The second-order valence-corrected chi connectivity index (χ2v) is 13.4. The maximum atomic E-state index is 12.6. The molecule has 0 bridgehead atoms. The topological polar surface area (TPSA) is 129 Å². The number of ether oxygens (including phenoxy) is 1. The smallest absolute Gasteiger partial charge is 0.206 e. The largest absolute Gasteiger partial charge is 0.367 e. The normalized spacial score (nSPS) is 21.8. The van der Waals surface area contributed by atoms with E-state index >= 15 is 0 Å². The average molecular weight is 592 g/mol. The summed E-state index contributed by atoms with van der Waals surface area (Å²) >= 11 is 0. The molecule has 0 amide bonds. The van der Waals surface area contributed by atoms with E-state index in [1.807, 2.05) is 37.7 Å². The molecule has 0 spiro atoms. The zero-order valence-electron chi connectivity index (χ0n) is 24.9. The lowest BCUT2D eigenvalue weighted by Crippen LogP contribution is -2.36. The van der Waals surface area contributed by atoms with Crippen molar-refractivity contribution in [1.29, 1.82) is 0 Å². The van der Waals surface area contributed by atoms with Gasteiger partial charge in [-0.1, -0.05) is 37.3 Å². The minimum absolute atomic E-state index is 0.231. The van der Waals surface area contributed by atoms with E-state index in [2.05, 4.69) is 50.2 Å². The lowest BCUT2D eigenvalue weighted by Gasteiger charge is -2.36. The number of hydrogen-bond donors (Lipinski definition) is 1. The fourth-order valence-corrected chi connectivity index (χ4v) is 5.01. The van der Waals surface area contributed by atoms with Gasteiger partial charge in [-0.25, -0.2) is 14.4 Å². The summed E-state index contributed by atoms with van der Waals surface area (Å²) in [4.78, 5) is 5.58. The van der Waals surface area contributed by atoms with E-state index in [0.717, 1.165) is 55.2 Å². The number of rotatable bonds is 13. The Bertz CT molecular complexity index is 1570. The minimum atomic E-state index is -2.39. The number of hydrogen-bond acceptors (Lipinski definition) is 8. The van der Waals surface area contributed by atoms with Crippen molar-refractivity contribution in [3.8, 4) is 11.1 Å². The summed E-state index contributed by atoms with van der Waals surface area (Å²) in [5.74, 6) is 5.30. The summed E-state index contributed by atoms with van der Waals surface area (Å²) in [5.41, 5.74) is 2.21. The van der Waals surface area contributed by atoms with E-state index < -0.39 is 15.1 Å². The highest BCUT2D eigenvalue weighted by atomic mass is 32.2. The highest BCUT2D eigenvalue weighted by Crippen LogP contribution is 2.41. The summed E-state index contributed by atoms with van der Waals surface area (Å²) in [6.45, 7) is 10.3. The first-order valence-corrected chi connectivity index (χ1v) is 16.3. The number of aromatic nitrogens is 8. The molecule has 3 aromatic rings. The summed E-state index contributed by atoms with van der Waals surface area (Å²) in [6, 6.07) is 0. The van der Waals surface area contributed by atoms with Gasteiger partial charge < -0.3 is 4.74 Å². The van der Waals surface area contributed by atoms with Gasteiger partial charge in [-0.2, -0.15) is 15.4 Å². The van der Waals surface area contributed by atoms with Crippen molar-refractivity contribution < 1.29 is 8.95 Å². The molecule has 42 heavy (non-hydrogen) atoms. The maximum absolute atomic E-state index is 12.6. The van der Waals surface area contributed by atoms with Gasteiger partial charge in [0.05, 0.1) is 12.4 Å². The van der Waals surface area contributed by atoms with Crippen molar-refractivity contribution in [2.45, 2.75) is 64.9 Å². The quantitative estimate of drug-likeness (QED) is 0.118. The van der Waals surface area contributed by atoms with Crippen LogP contribution < -0.4 is 0 Å². The van der Waals surface area contributed by atoms with Gasteiger partial charge in [0.2, 0.25) is 5.82 Å². The molecule has 4 rings (SSSR count). The van der Waals surface area contributed by atoms with Gasteiger partial charge in [0.1, 0.15) is 5.60 Å². The molecular formula is C30H41N9O2S. The van der Waals surface area contributed by atoms with Gasteiger partial charge in [-0.3, -0.25) is 4.21 Å². The predicted octanol–water partition coefficient (Wildman–Crippen LogP) is 5.63. The van der Waals surface area contributed by atoms with E-state index in [-0.39, 0.29) is 5.92 Å². The van der Waals surface area contributed by atoms with E-state index in [1.165, 1.54) is 0 Å². The van der Waals surface area contributed by atoms with Gasteiger partial charge in [-0.05, 0) is 78.9 Å². The monoisotopic (exact) mass is 591 g/mol. The molecule has 1 fully saturated rings. The Labute approximate surface area is 248 Å². The third kappa shape index (κ3) is 7.68. The predicted molar refractivity (Wildman–Crippen MR) is 171 cm³/mol. The molecule has 0 aromatic carbocycles. The van der Waals surface area contributed by atoms with E-state index in [1.54, 1.807) is 47.2 Å². The van der Waals surface area contributed by atoms with Gasteiger partial charge in [0, 0.05) is 53.7 Å². The number of allylic oxidation sites excluding steroid dienone is 5. The van der Waals surface area contributed by atoms with E-state index in [4.69, 9.17) is 9.73 Å². The lowest BCUT2D eigenvalue weighted by atomic mass is 9.78. The van der Waals surface area contributed by atoms with Crippen LogP contribution in [0.1, 0.15) is 65.1 Å². The number of nitrogens with zero attached hydrogens (tertiary/aromatic N) is 8. The highest BCUT2D eigenvalue weighted by Gasteiger charge is 2.41. The molecule has 12 heteroatoms. The van der Waals surface area contributed by atoms with E-state index in [9.17, 15) is 4.21 Å². The highest BCUT2D eigenvalue weighted by molar-refractivity contribution is 8.03. The third-order valence-electron chi connectivity index (χ3n) is 7.41. The Hall–Kier alpha value is -3.90. The van der Waals surface area contributed by atoms with Crippen molar-refractivity contribution in [1.82, 2.24) is 40.2 Å². The van der Waals surface area contributed by atoms with Gasteiger partial charge in [-0.15, -0.1) is 10.2 Å². The molecule has 1 aliphatic carbocycles. The molecule has 1 unspecified atom stereocenters. The van der Waals surface area contributed by atoms with Crippen LogP contribution in [0.15, 0.2) is 58.9 Å². The Morgan fingerprint density at radius 1 is 1.29 bits per heavy atom. The standard InChI is InChI=1S/C30H41N9O2S/c1-7-9-17-41-30(29-34-36-37-35-29)14-11-25(12-15-30)18-31-28-27(20-33-39(28)21-24(4)42(5,6)40)26-19-32-38(22-26)16-13-23(3)10-8-2/h8,10,13,16,18-22,25H,2,5,7,9,11-12,14-15,17H2,1,3-4,6H3,(H,34,35,36,37)/b16-13+,23-10-,24-21+,31-18+. The van der Waals surface area contributed by atoms with Crippen LogP contribution in [0.3, 0.4) is 0 Å². The fourth-order valence-electron chi connectivity index (χ4n) is 4.69. The van der Waals surface area contributed by atoms with Crippen molar-refractivity contribution in [2.24, 2.45) is 10.9 Å². The van der Waals surface area contributed by atoms with Gasteiger partial charge in [0.15, 0.2) is 5.82 Å². The molecule has 0 saturated heterocycles. The molecule has 0 aliphatic heterocycles. The number of tetrazole rings is 1. The van der Waals surface area contributed by atoms with Crippen molar-refractivity contribution in [3.63, 3.8) is 0 Å². The van der Waals surface area contributed by atoms with Crippen molar-refractivity contribution in [3.05, 3.63) is 59.7 Å². The van der Waals surface area contributed by atoms with Crippen LogP contribution >= 0.6 is 0 Å². The van der Waals surface area contributed by atoms with Gasteiger partial charge in [0.25, 0.3) is 0 Å². The van der Waals surface area contributed by atoms with Crippen LogP contribution in [-0.4, -0.2) is 69.3 Å². The Kier molecular flexibility index (Phi) is 10.2. The summed E-state index contributed by atoms with van der Waals surface area (Å²) in [6.07, 6.45) is 23.7. The van der Waals surface area contributed by atoms with Gasteiger partial charge >= 0.3 is 0 Å². The Morgan fingerprint density at radius 2 is 2.07 bits per heavy atom. The first kappa shape index (κ1) is 31.0. The molecule has 1 atom stereocenters. The maximum Gasteiger partial charge on any atom is 0.206 e. The zero-order chi connectivity index (χ0) is 30.2. The fraction of sp³-hybridized carbons (Fsp3) is 0.433. The second kappa shape index (κ2) is 13.8. The SMILES string of the molecule is C=C/C=C(C)\C=C\n1cc(-c2cnn(/C=C(\C)S(=C)(C)=O)c2/N=C/C2CCC(OCCCC)(c3nn[nH]n3)CC2)cn1. The first-order chi connectivity index (χ1) is 20.1. The number of nitrogens with one attached hydrogen (secondary N) is 1. The number of H-pyrrole nitrogens is 1. The molecule has 3 heterocycles. The van der Waals surface area contributed by atoms with Crippen molar-refractivity contribution in [2.75, 3.05) is 12.9 Å². The van der Waals surface area contributed by atoms with Crippen LogP contribution in [-0.2, 0) is 19.9 Å². The Morgan fingerprint density at radius 3 is 2.74 bits per heavy atom. The number of unbranched alkanes of at least 4 members (excludes halogenated alkanes) is 1. The molecule has 1 N–H and O–H groups in total. The third-order valence-corrected chi connectivity index (χ3v) is 8.88. The van der Waals surface area contributed by atoms with Crippen LogP contribution in [0.25, 0.3) is 23.5 Å². The molecule has 11 nitrogen and oxygen atoms in total. The molecule has 1 aliphatic rings. The molecule has 224 valence electrons. The zero-order valence-corrected chi connectivity index (χ0v) is 25.8. The average Bonchev–Trinajstić information content (AvgIpc) is 3.73. The lowest BCUT2D eigenvalue weighted by molar-refractivity contribution is -0.0866. The molecular weight excluding hydrogens is 550 g/mol. The summed E-state index contributed by atoms with van der Waals surface area (Å²) < 4.78 is 22.4. The Balaban J connectivity index is 1.60. The molecule has 0 radical (unpaired) electrons. The number of aromatic amines is 1.